The molecule has 3 aliphatic rings. The third-order valence-corrected chi connectivity index (χ3v) is 5.84. The molecule has 28 heavy (non-hydrogen) atoms. The van der Waals surface area contributed by atoms with Gasteiger partial charge in [-0.3, -0.25) is 29.4 Å². The van der Waals surface area contributed by atoms with Crippen LogP contribution in [-0.2, 0) is 16.1 Å². The van der Waals surface area contributed by atoms with Crippen molar-refractivity contribution in [3.8, 4) is 0 Å². The van der Waals surface area contributed by atoms with Gasteiger partial charge in [-0.1, -0.05) is 13.0 Å². The first kappa shape index (κ1) is 18.8. The van der Waals surface area contributed by atoms with E-state index in [0.29, 0.717) is 23.1 Å². The SMILES string of the molecule is CC1(CCNCc2ccc3c(c2)C(=O)N(C2CCC(=O)NC2=O)C3=O)CNC1. The Hall–Kier alpha value is -2.58. The average molecular weight is 384 g/mol. The molecule has 1 atom stereocenters. The lowest BCUT2D eigenvalue weighted by atomic mass is 9.81. The number of imide groups is 2. The largest absolute Gasteiger partial charge is 0.316 e. The van der Waals surface area contributed by atoms with E-state index in [1.165, 1.54) is 0 Å². The fourth-order valence-electron chi connectivity index (χ4n) is 3.98. The summed E-state index contributed by atoms with van der Waals surface area (Å²) < 4.78 is 0. The molecular weight excluding hydrogens is 360 g/mol. The summed E-state index contributed by atoms with van der Waals surface area (Å²) >= 11 is 0. The second-order valence-corrected chi connectivity index (χ2v) is 8.17. The summed E-state index contributed by atoms with van der Waals surface area (Å²) in [5.74, 6) is -1.91. The lowest BCUT2D eigenvalue weighted by Gasteiger charge is -2.39. The Morgan fingerprint density at radius 1 is 1.14 bits per heavy atom. The van der Waals surface area contributed by atoms with Gasteiger partial charge in [0.25, 0.3) is 11.8 Å². The molecule has 3 heterocycles. The Bertz CT molecular complexity index is 862. The molecule has 3 N–H and O–H groups in total. The molecule has 3 aliphatic heterocycles. The number of piperidine rings is 1. The summed E-state index contributed by atoms with van der Waals surface area (Å²) in [5.41, 5.74) is 1.91. The van der Waals surface area contributed by atoms with E-state index in [9.17, 15) is 19.2 Å². The van der Waals surface area contributed by atoms with E-state index in [1.54, 1.807) is 12.1 Å². The van der Waals surface area contributed by atoms with Crippen LogP contribution < -0.4 is 16.0 Å². The molecule has 0 saturated carbocycles. The highest BCUT2D eigenvalue weighted by molar-refractivity contribution is 6.23. The maximum Gasteiger partial charge on any atom is 0.262 e. The molecule has 2 saturated heterocycles. The van der Waals surface area contributed by atoms with Crippen LogP contribution in [0.4, 0.5) is 0 Å². The molecule has 0 aromatic heterocycles. The fraction of sp³-hybridized carbons (Fsp3) is 0.500. The number of carbonyl (C=O) groups excluding carboxylic acids is 4. The minimum absolute atomic E-state index is 0.118. The maximum atomic E-state index is 12.8. The predicted octanol–water partition coefficient (Wildman–Crippen LogP) is 0.177. The van der Waals surface area contributed by atoms with Crippen molar-refractivity contribution in [2.45, 2.75) is 38.8 Å². The minimum atomic E-state index is -0.927. The van der Waals surface area contributed by atoms with Gasteiger partial charge in [0.05, 0.1) is 11.1 Å². The van der Waals surface area contributed by atoms with Crippen LogP contribution in [0.25, 0.3) is 0 Å². The molecule has 1 aromatic rings. The van der Waals surface area contributed by atoms with E-state index in [-0.39, 0.29) is 18.7 Å². The molecule has 0 bridgehead atoms. The van der Waals surface area contributed by atoms with Crippen molar-refractivity contribution in [3.63, 3.8) is 0 Å². The number of benzene rings is 1. The molecule has 0 spiro atoms. The Balaban J connectivity index is 1.42. The third kappa shape index (κ3) is 3.33. The van der Waals surface area contributed by atoms with Gasteiger partial charge in [0, 0.05) is 26.1 Å². The second-order valence-electron chi connectivity index (χ2n) is 8.17. The summed E-state index contributed by atoms with van der Waals surface area (Å²) in [6.07, 6.45) is 1.36. The zero-order valence-corrected chi connectivity index (χ0v) is 15.8. The summed E-state index contributed by atoms with van der Waals surface area (Å²) in [7, 11) is 0. The van der Waals surface area contributed by atoms with Gasteiger partial charge >= 0.3 is 0 Å². The molecule has 1 unspecified atom stereocenters. The molecular formula is C20H24N4O4. The van der Waals surface area contributed by atoms with Gasteiger partial charge in [-0.15, -0.1) is 0 Å². The summed E-state index contributed by atoms with van der Waals surface area (Å²) in [4.78, 5) is 49.9. The third-order valence-electron chi connectivity index (χ3n) is 5.84. The molecule has 1 aromatic carbocycles. The van der Waals surface area contributed by atoms with E-state index < -0.39 is 23.8 Å². The van der Waals surface area contributed by atoms with Crippen LogP contribution in [0.1, 0.15) is 52.5 Å². The van der Waals surface area contributed by atoms with Crippen LogP contribution in [0.5, 0.6) is 0 Å². The Labute approximate surface area is 163 Å². The molecule has 4 rings (SSSR count). The molecule has 4 amide bonds. The second kappa shape index (κ2) is 7.10. The first-order valence-corrected chi connectivity index (χ1v) is 9.64. The van der Waals surface area contributed by atoms with Gasteiger partial charge in [-0.05, 0) is 42.5 Å². The first-order chi connectivity index (χ1) is 13.4. The van der Waals surface area contributed by atoms with Gasteiger partial charge in [0.15, 0.2) is 0 Å². The average Bonchev–Trinajstić information content (AvgIpc) is 2.88. The van der Waals surface area contributed by atoms with Crippen LogP contribution in [0.2, 0.25) is 0 Å². The Morgan fingerprint density at radius 3 is 2.57 bits per heavy atom. The Kier molecular flexibility index (Phi) is 4.76. The predicted molar refractivity (Wildman–Crippen MR) is 100 cm³/mol. The maximum absolute atomic E-state index is 12.8. The molecule has 0 radical (unpaired) electrons. The van der Waals surface area contributed by atoms with Crippen LogP contribution in [0, 0.1) is 5.41 Å². The standard InChI is InChI=1S/C20H24N4O4/c1-20(10-22-11-20)6-7-21-9-12-2-3-13-14(8-12)19(28)24(18(13)27)15-4-5-16(25)23-17(15)26/h2-3,8,15,21-22H,4-7,9-11H2,1H3,(H,23,25,26). The van der Waals surface area contributed by atoms with E-state index in [1.807, 2.05) is 6.07 Å². The van der Waals surface area contributed by atoms with Gasteiger partial charge < -0.3 is 10.6 Å². The van der Waals surface area contributed by atoms with E-state index in [0.717, 1.165) is 36.5 Å². The van der Waals surface area contributed by atoms with Crippen LogP contribution >= 0.6 is 0 Å². The topological polar surface area (TPSA) is 108 Å². The number of carbonyl (C=O) groups is 4. The van der Waals surface area contributed by atoms with Gasteiger partial charge in [0.1, 0.15) is 6.04 Å². The van der Waals surface area contributed by atoms with Gasteiger partial charge in [-0.25, -0.2) is 0 Å². The summed E-state index contributed by atoms with van der Waals surface area (Å²) in [5, 5.41) is 8.88. The molecule has 8 heteroatoms. The molecule has 8 nitrogen and oxygen atoms in total. The first-order valence-electron chi connectivity index (χ1n) is 9.64. The van der Waals surface area contributed by atoms with Crippen molar-refractivity contribution in [1.82, 2.24) is 20.9 Å². The minimum Gasteiger partial charge on any atom is -0.316 e. The van der Waals surface area contributed by atoms with Crippen LogP contribution in [0.15, 0.2) is 18.2 Å². The van der Waals surface area contributed by atoms with Crippen molar-refractivity contribution < 1.29 is 19.2 Å². The van der Waals surface area contributed by atoms with Crippen molar-refractivity contribution in [2.75, 3.05) is 19.6 Å². The molecule has 0 aliphatic carbocycles. The number of nitrogens with one attached hydrogen (secondary N) is 3. The quantitative estimate of drug-likeness (QED) is 0.477. The monoisotopic (exact) mass is 384 g/mol. The van der Waals surface area contributed by atoms with Gasteiger partial charge in [0.2, 0.25) is 11.8 Å². The highest BCUT2D eigenvalue weighted by atomic mass is 16.2. The van der Waals surface area contributed by atoms with E-state index in [2.05, 4.69) is 22.9 Å². The van der Waals surface area contributed by atoms with Crippen molar-refractivity contribution in [2.24, 2.45) is 5.41 Å². The zero-order valence-electron chi connectivity index (χ0n) is 15.8. The number of hydrogen-bond donors (Lipinski definition) is 3. The van der Waals surface area contributed by atoms with Crippen molar-refractivity contribution in [3.05, 3.63) is 34.9 Å². The molecule has 2 fully saturated rings. The smallest absolute Gasteiger partial charge is 0.262 e. The highest BCUT2D eigenvalue weighted by Crippen LogP contribution is 2.28. The zero-order chi connectivity index (χ0) is 19.9. The van der Waals surface area contributed by atoms with Crippen LogP contribution in [0.3, 0.4) is 0 Å². The lowest BCUT2D eigenvalue weighted by molar-refractivity contribution is -0.136. The Morgan fingerprint density at radius 2 is 1.89 bits per heavy atom. The number of nitrogens with zero attached hydrogens (tertiary/aromatic N) is 1. The van der Waals surface area contributed by atoms with E-state index >= 15 is 0 Å². The number of rotatable bonds is 6. The normalized spacial score (nSPS) is 23.5. The summed E-state index contributed by atoms with van der Waals surface area (Å²) in [6.45, 7) is 5.83. The lowest BCUT2D eigenvalue weighted by Crippen LogP contribution is -2.54. The van der Waals surface area contributed by atoms with Crippen molar-refractivity contribution in [1.29, 1.82) is 0 Å². The van der Waals surface area contributed by atoms with Crippen molar-refractivity contribution >= 4 is 23.6 Å². The number of fused-ring (bicyclic) bond motifs is 1. The fourth-order valence-corrected chi connectivity index (χ4v) is 3.98. The summed E-state index contributed by atoms with van der Waals surface area (Å²) in [6, 6.07) is 4.28. The van der Waals surface area contributed by atoms with Gasteiger partial charge in [-0.2, -0.15) is 0 Å². The number of hydrogen-bond acceptors (Lipinski definition) is 6. The highest BCUT2D eigenvalue weighted by Gasteiger charge is 2.44. The molecule has 148 valence electrons. The number of amides is 4. The van der Waals surface area contributed by atoms with Crippen LogP contribution in [-0.4, -0.2) is 54.2 Å². The van der Waals surface area contributed by atoms with E-state index in [4.69, 9.17) is 0 Å².